The van der Waals surface area contributed by atoms with Crippen molar-refractivity contribution in [3.8, 4) is 0 Å². The third kappa shape index (κ3) is 3.38. The summed E-state index contributed by atoms with van der Waals surface area (Å²) >= 11 is 1.76. The molecule has 0 amide bonds. The number of aromatic nitrogens is 1. The van der Waals surface area contributed by atoms with Gasteiger partial charge in [-0.1, -0.05) is 30.3 Å². The number of hydrogen-bond donors (Lipinski definition) is 1. The lowest BCUT2D eigenvalue weighted by molar-refractivity contribution is 0.548. The third-order valence-corrected chi connectivity index (χ3v) is 3.89. The molecule has 2 aromatic rings. The molecule has 90 valence electrons. The van der Waals surface area contributed by atoms with Gasteiger partial charge in [-0.05, 0) is 26.0 Å². The predicted molar refractivity (Wildman–Crippen MR) is 73.4 cm³/mol. The number of aryl methyl sites for hydroxylation is 2. The van der Waals surface area contributed by atoms with Crippen LogP contribution in [0.4, 0.5) is 0 Å². The molecule has 0 aliphatic rings. The molecule has 1 heterocycles. The van der Waals surface area contributed by atoms with Gasteiger partial charge in [-0.25, -0.2) is 4.98 Å². The SMILES string of the molecule is CNC(CCc1nc(C)cs1)c1ccccc1. The summed E-state index contributed by atoms with van der Waals surface area (Å²) in [5.74, 6) is 0. The highest BCUT2D eigenvalue weighted by Crippen LogP contribution is 2.20. The van der Waals surface area contributed by atoms with Crippen molar-refractivity contribution in [3.05, 3.63) is 52.0 Å². The summed E-state index contributed by atoms with van der Waals surface area (Å²) < 4.78 is 0. The fourth-order valence-corrected chi connectivity index (χ4v) is 2.74. The number of thiazole rings is 1. The fraction of sp³-hybridized carbons (Fsp3) is 0.357. The maximum atomic E-state index is 4.50. The summed E-state index contributed by atoms with van der Waals surface area (Å²) in [5, 5.41) is 6.72. The predicted octanol–water partition coefficient (Wildman–Crippen LogP) is 3.34. The first kappa shape index (κ1) is 12.3. The Morgan fingerprint density at radius 2 is 2.06 bits per heavy atom. The van der Waals surface area contributed by atoms with Crippen LogP contribution >= 0.6 is 11.3 Å². The summed E-state index contributed by atoms with van der Waals surface area (Å²) in [6.07, 6.45) is 2.13. The Labute approximate surface area is 107 Å². The molecule has 17 heavy (non-hydrogen) atoms. The number of hydrogen-bond acceptors (Lipinski definition) is 3. The van der Waals surface area contributed by atoms with Crippen molar-refractivity contribution in [3.63, 3.8) is 0 Å². The zero-order chi connectivity index (χ0) is 12.1. The molecule has 1 N–H and O–H groups in total. The molecular weight excluding hydrogens is 228 g/mol. The molecule has 0 aliphatic heterocycles. The minimum Gasteiger partial charge on any atom is -0.313 e. The van der Waals surface area contributed by atoms with E-state index in [0.29, 0.717) is 6.04 Å². The minimum atomic E-state index is 0.417. The van der Waals surface area contributed by atoms with Gasteiger partial charge in [0.2, 0.25) is 0 Å². The van der Waals surface area contributed by atoms with E-state index in [1.165, 1.54) is 10.6 Å². The molecule has 0 fully saturated rings. The van der Waals surface area contributed by atoms with Gasteiger partial charge in [0.15, 0.2) is 0 Å². The quantitative estimate of drug-likeness (QED) is 0.875. The van der Waals surface area contributed by atoms with Gasteiger partial charge in [0.1, 0.15) is 0 Å². The second kappa shape index (κ2) is 5.94. The minimum absolute atomic E-state index is 0.417. The molecule has 1 aromatic carbocycles. The molecule has 0 saturated heterocycles. The number of rotatable bonds is 5. The standard InChI is InChI=1S/C14H18N2S/c1-11-10-17-14(16-11)9-8-13(15-2)12-6-4-3-5-7-12/h3-7,10,13,15H,8-9H2,1-2H3. The highest BCUT2D eigenvalue weighted by Gasteiger charge is 2.09. The summed E-state index contributed by atoms with van der Waals surface area (Å²) in [5.41, 5.74) is 2.48. The molecule has 2 nitrogen and oxygen atoms in total. The van der Waals surface area contributed by atoms with Gasteiger partial charge < -0.3 is 5.32 Å². The summed E-state index contributed by atoms with van der Waals surface area (Å²) in [6, 6.07) is 11.0. The summed E-state index contributed by atoms with van der Waals surface area (Å²) in [7, 11) is 2.02. The van der Waals surface area contributed by atoms with E-state index >= 15 is 0 Å². The van der Waals surface area contributed by atoms with Crippen LogP contribution < -0.4 is 5.32 Å². The van der Waals surface area contributed by atoms with Crippen LogP contribution in [0.25, 0.3) is 0 Å². The van der Waals surface area contributed by atoms with Crippen molar-refractivity contribution in [2.24, 2.45) is 0 Å². The van der Waals surface area contributed by atoms with E-state index in [2.05, 4.69) is 46.0 Å². The lowest BCUT2D eigenvalue weighted by Gasteiger charge is -2.15. The van der Waals surface area contributed by atoms with Crippen LogP contribution in [0.5, 0.6) is 0 Å². The van der Waals surface area contributed by atoms with E-state index in [9.17, 15) is 0 Å². The average Bonchev–Trinajstić information content (AvgIpc) is 2.77. The molecule has 2 rings (SSSR count). The van der Waals surface area contributed by atoms with E-state index in [0.717, 1.165) is 18.5 Å². The Kier molecular flexibility index (Phi) is 4.29. The summed E-state index contributed by atoms with van der Waals surface area (Å²) in [4.78, 5) is 4.50. The van der Waals surface area contributed by atoms with Gasteiger partial charge in [-0.15, -0.1) is 11.3 Å². The zero-order valence-corrected chi connectivity index (χ0v) is 11.1. The first-order chi connectivity index (χ1) is 8.29. The van der Waals surface area contributed by atoms with Gasteiger partial charge in [0.25, 0.3) is 0 Å². The van der Waals surface area contributed by atoms with E-state index in [4.69, 9.17) is 0 Å². The number of benzene rings is 1. The van der Waals surface area contributed by atoms with Gasteiger partial charge in [-0.3, -0.25) is 0 Å². The van der Waals surface area contributed by atoms with Crippen LogP contribution in [0.2, 0.25) is 0 Å². The molecule has 0 saturated carbocycles. The molecule has 0 aliphatic carbocycles. The second-order valence-electron chi connectivity index (χ2n) is 4.17. The van der Waals surface area contributed by atoms with Gasteiger partial charge >= 0.3 is 0 Å². The molecule has 0 radical (unpaired) electrons. The Hall–Kier alpha value is -1.19. The van der Waals surface area contributed by atoms with Crippen molar-refractivity contribution in [1.29, 1.82) is 0 Å². The lowest BCUT2D eigenvalue weighted by atomic mass is 10.0. The number of nitrogens with zero attached hydrogens (tertiary/aromatic N) is 1. The van der Waals surface area contributed by atoms with Crippen LogP contribution in [0.3, 0.4) is 0 Å². The normalized spacial score (nSPS) is 12.6. The second-order valence-corrected chi connectivity index (χ2v) is 5.12. The molecule has 1 unspecified atom stereocenters. The lowest BCUT2D eigenvalue weighted by Crippen LogP contribution is -2.16. The molecule has 0 bridgehead atoms. The first-order valence-corrected chi connectivity index (χ1v) is 6.81. The maximum Gasteiger partial charge on any atom is 0.0928 e. The molecular formula is C14H18N2S. The van der Waals surface area contributed by atoms with E-state index in [-0.39, 0.29) is 0 Å². The Bertz CT molecular complexity index is 450. The van der Waals surface area contributed by atoms with E-state index in [1.54, 1.807) is 11.3 Å². The maximum absolute atomic E-state index is 4.50. The highest BCUT2D eigenvalue weighted by atomic mass is 32.1. The number of nitrogens with one attached hydrogen (secondary N) is 1. The summed E-state index contributed by atoms with van der Waals surface area (Å²) in [6.45, 7) is 2.05. The first-order valence-electron chi connectivity index (χ1n) is 5.93. The highest BCUT2D eigenvalue weighted by molar-refractivity contribution is 7.09. The smallest absolute Gasteiger partial charge is 0.0928 e. The van der Waals surface area contributed by atoms with Crippen LogP contribution in [0, 0.1) is 6.92 Å². The van der Waals surface area contributed by atoms with Crippen LogP contribution in [0.15, 0.2) is 35.7 Å². The fourth-order valence-electron chi connectivity index (χ4n) is 1.95. The van der Waals surface area contributed by atoms with Crippen LogP contribution in [-0.2, 0) is 6.42 Å². The molecule has 1 atom stereocenters. The van der Waals surface area contributed by atoms with Crippen molar-refractivity contribution in [2.75, 3.05) is 7.05 Å². The van der Waals surface area contributed by atoms with Gasteiger partial charge in [-0.2, -0.15) is 0 Å². The van der Waals surface area contributed by atoms with E-state index in [1.807, 2.05) is 14.0 Å². The van der Waals surface area contributed by atoms with Gasteiger partial charge in [0.05, 0.1) is 5.01 Å². The van der Waals surface area contributed by atoms with Crippen molar-refractivity contribution < 1.29 is 0 Å². The van der Waals surface area contributed by atoms with Crippen LogP contribution in [0.1, 0.15) is 28.7 Å². The van der Waals surface area contributed by atoms with Crippen LogP contribution in [-0.4, -0.2) is 12.0 Å². The Balaban J connectivity index is 1.97. The molecule has 3 heteroatoms. The monoisotopic (exact) mass is 246 g/mol. The molecule has 0 spiro atoms. The van der Waals surface area contributed by atoms with Crippen molar-refractivity contribution >= 4 is 11.3 Å². The van der Waals surface area contributed by atoms with E-state index < -0.39 is 0 Å². The van der Waals surface area contributed by atoms with Crippen molar-refractivity contribution in [1.82, 2.24) is 10.3 Å². The molecule has 1 aromatic heterocycles. The Morgan fingerprint density at radius 1 is 1.29 bits per heavy atom. The topological polar surface area (TPSA) is 24.9 Å². The third-order valence-electron chi connectivity index (χ3n) is 2.86. The average molecular weight is 246 g/mol. The van der Waals surface area contributed by atoms with Gasteiger partial charge in [0, 0.05) is 23.5 Å². The Morgan fingerprint density at radius 3 is 2.65 bits per heavy atom. The van der Waals surface area contributed by atoms with Crippen molar-refractivity contribution in [2.45, 2.75) is 25.8 Å². The largest absolute Gasteiger partial charge is 0.313 e. The zero-order valence-electron chi connectivity index (χ0n) is 10.3.